The molecule has 0 saturated heterocycles. The molecule has 0 spiro atoms. The third-order valence-corrected chi connectivity index (χ3v) is 2.62. The Hall–Kier alpha value is -1.76. The van der Waals surface area contributed by atoms with Crippen molar-refractivity contribution in [1.82, 2.24) is 0 Å². The van der Waals surface area contributed by atoms with Crippen molar-refractivity contribution >= 4 is 13.1 Å². The fourth-order valence-corrected chi connectivity index (χ4v) is 1.89. The first-order valence-electron chi connectivity index (χ1n) is 5.53. The van der Waals surface area contributed by atoms with Gasteiger partial charge in [-0.25, -0.2) is 9.18 Å². The number of aromatic carboxylic acids is 1. The Kier molecular flexibility index (Phi) is 3.42. The fourth-order valence-electron chi connectivity index (χ4n) is 1.89. The van der Waals surface area contributed by atoms with Crippen LogP contribution in [0.2, 0.25) is 6.32 Å². The number of carbonyl (C=O) groups is 1. The number of carboxylic acid groups (broad SMARTS) is 1. The lowest BCUT2D eigenvalue weighted by molar-refractivity contribution is 0.0653. The Morgan fingerprint density at radius 3 is 2.94 bits per heavy atom. The molecule has 1 unspecified atom stereocenters. The summed E-state index contributed by atoms with van der Waals surface area (Å²) in [5, 5.41) is 18.6. The molecule has 0 aliphatic carbocycles. The van der Waals surface area contributed by atoms with E-state index in [0.29, 0.717) is 18.3 Å². The Balaban J connectivity index is 2.50. The monoisotopic (exact) mass is 254 g/mol. The number of fused-ring (bicyclic) bond motifs is 1. The molecule has 1 aromatic carbocycles. The molecule has 2 N–H and O–H groups in total. The van der Waals surface area contributed by atoms with E-state index in [2.05, 4.69) is 0 Å². The molecule has 0 bridgehead atoms. The van der Waals surface area contributed by atoms with Gasteiger partial charge in [0.05, 0.1) is 0 Å². The Bertz CT molecular complexity index is 477. The molecule has 0 aromatic heterocycles. The van der Waals surface area contributed by atoms with Gasteiger partial charge in [0.2, 0.25) is 6.36 Å². The second-order valence-corrected chi connectivity index (χ2v) is 4.00. The van der Waals surface area contributed by atoms with Crippen LogP contribution in [0.25, 0.3) is 0 Å². The predicted molar refractivity (Wildman–Crippen MR) is 61.7 cm³/mol. The quantitative estimate of drug-likeness (QED) is 0.799. The van der Waals surface area contributed by atoms with Gasteiger partial charge in [-0.05, 0) is 24.4 Å². The number of aryl methyl sites for hydroxylation is 1. The minimum atomic E-state index is -1.63. The lowest BCUT2D eigenvalue weighted by atomic mass is 9.78. The number of carboxylic acids is 1. The molecule has 1 aliphatic rings. The van der Waals surface area contributed by atoms with E-state index in [1.807, 2.05) is 0 Å². The van der Waals surface area contributed by atoms with Gasteiger partial charge in [0.25, 0.3) is 0 Å². The van der Waals surface area contributed by atoms with Gasteiger partial charge < -0.3 is 19.5 Å². The van der Waals surface area contributed by atoms with Crippen LogP contribution in [0.4, 0.5) is 4.39 Å². The highest BCUT2D eigenvalue weighted by Gasteiger charge is 2.30. The maximum Gasteiger partial charge on any atom is 0.522 e. The largest absolute Gasteiger partial charge is 0.535 e. The van der Waals surface area contributed by atoms with Crippen molar-refractivity contribution in [1.29, 1.82) is 0 Å². The SMILES string of the molecule is CC(F)Oc1ccc2c(c1C(=O)O)OB(O)CC2. The van der Waals surface area contributed by atoms with Gasteiger partial charge >= 0.3 is 13.1 Å². The fraction of sp³-hybridized carbons (Fsp3) is 0.364. The number of benzene rings is 1. The van der Waals surface area contributed by atoms with Crippen molar-refractivity contribution in [3.63, 3.8) is 0 Å². The Morgan fingerprint density at radius 2 is 2.33 bits per heavy atom. The van der Waals surface area contributed by atoms with Crippen LogP contribution < -0.4 is 9.39 Å². The Morgan fingerprint density at radius 1 is 1.61 bits per heavy atom. The van der Waals surface area contributed by atoms with E-state index in [0.717, 1.165) is 6.92 Å². The summed E-state index contributed by atoms with van der Waals surface area (Å²) in [7, 11) is -1.05. The van der Waals surface area contributed by atoms with Crippen molar-refractivity contribution in [3.8, 4) is 11.5 Å². The average Bonchev–Trinajstić information content (AvgIpc) is 2.26. The van der Waals surface area contributed by atoms with E-state index < -0.39 is 19.4 Å². The minimum Gasteiger partial charge on any atom is -0.535 e. The van der Waals surface area contributed by atoms with Gasteiger partial charge in [0, 0.05) is 6.92 Å². The number of ether oxygens (including phenoxy) is 1. The molecule has 1 heterocycles. The van der Waals surface area contributed by atoms with Crippen molar-refractivity contribution in [2.45, 2.75) is 26.0 Å². The average molecular weight is 254 g/mol. The first kappa shape index (κ1) is 12.7. The minimum absolute atomic E-state index is 0.0550. The van der Waals surface area contributed by atoms with Crippen LogP contribution in [0.15, 0.2) is 12.1 Å². The second kappa shape index (κ2) is 4.85. The van der Waals surface area contributed by atoms with E-state index in [4.69, 9.17) is 14.5 Å². The van der Waals surface area contributed by atoms with Crippen LogP contribution in [-0.2, 0) is 6.42 Å². The lowest BCUT2D eigenvalue weighted by Gasteiger charge is -2.23. The molecule has 0 fully saturated rings. The third-order valence-electron chi connectivity index (χ3n) is 2.62. The van der Waals surface area contributed by atoms with E-state index in [-0.39, 0.29) is 17.1 Å². The molecule has 1 aromatic rings. The summed E-state index contributed by atoms with van der Waals surface area (Å²) in [5.74, 6) is -1.33. The highest BCUT2D eigenvalue weighted by Crippen LogP contribution is 2.36. The summed E-state index contributed by atoms with van der Waals surface area (Å²) in [6.07, 6.45) is -0.733. The topological polar surface area (TPSA) is 76.0 Å². The molecule has 5 nitrogen and oxygen atoms in total. The predicted octanol–water partition coefficient (Wildman–Crippen LogP) is 1.49. The number of alkyl halides is 1. The van der Waals surface area contributed by atoms with E-state index in [1.54, 1.807) is 6.07 Å². The van der Waals surface area contributed by atoms with Gasteiger partial charge in [-0.1, -0.05) is 6.07 Å². The summed E-state index contributed by atoms with van der Waals surface area (Å²) >= 11 is 0. The molecule has 18 heavy (non-hydrogen) atoms. The third kappa shape index (κ3) is 2.40. The maximum atomic E-state index is 12.8. The zero-order chi connectivity index (χ0) is 13.3. The lowest BCUT2D eigenvalue weighted by Crippen LogP contribution is -2.28. The molecule has 0 saturated carbocycles. The molecule has 0 radical (unpaired) electrons. The van der Waals surface area contributed by atoms with E-state index in [1.165, 1.54) is 6.07 Å². The first-order chi connectivity index (χ1) is 8.49. The molecule has 96 valence electrons. The number of rotatable bonds is 3. The first-order valence-corrected chi connectivity index (χ1v) is 5.53. The molecular formula is C11H12BFO5. The van der Waals surface area contributed by atoms with Gasteiger partial charge in [-0.15, -0.1) is 0 Å². The highest BCUT2D eigenvalue weighted by atomic mass is 19.1. The van der Waals surface area contributed by atoms with Crippen LogP contribution in [0.5, 0.6) is 11.5 Å². The highest BCUT2D eigenvalue weighted by molar-refractivity contribution is 6.44. The van der Waals surface area contributed by atoms with Crippen LogP contribution in [-0.4, -0.2) is 29.6 Å². The van der Waals surface area contributed by atoms with Gasteiger partial charge in [-0.3, -0.25) is 0 Å². The molecule has 7 heteroatoms. The van der Waals surface area contributed by atoms with Crippen LogP contribution in [0, 0.1) is 0 Å². The van der Waals surface area contributed by atoms with Crippen molar-refractivity contribution in [2.75, 3.05) is 0 Å². The number of hydrogen-bond acceptors (Lipinski definition) is 4. The molecule has 2 rings (SSSR count). The van der Waals surface area contributed by atoms with Crippen LogP contribution >= 0.6 is 0 Å². The normalized spacial score (nSPS) is 15.6. The van der Waals surface area contributed by atoms with Gasteiger partial charge in [0.15, 0.2) is 0 Å². The number of hydrogen-bond donors (Lipinski definition) is 2. The van der Waals surface area contributed by atoms with Crippen molar-refractivity contribution in [2.24, 2.45) is 0 Å². The van der Waals surface area contributed by atoms with E-state index >= 15 is 0 Å². The van der Waals surface area contributed by atoms with Crippen LogP contribution in [0.3, 0.4) is 0 Å². The summed E-state index contributed by atoms with van der Waals surface area (Å²) in [6, 6.07) is 3.02. The number of halogens is 1. The maximum absolute atomic E-state index is 12.8. The molecule has 1 atom stereocenters. The van der Waals surface area contributed by atoms with E-state index in [9.17, 15) is 14.2 Å². The summed E-state index contributed by atoms with van der Waals surface area (Å²) < 4.78 is 22.8. The van der Waals surface area contributed by atoms with Crippen molar-refractivity contribution < 1.29 is 28.7 Å². The zero-order valence-electron chi connectivity index (χ0n) is 9.72. The Labute approximate surface area is 103 Å². The smallest absolute Gasteiger partial charge is 0.522 e. The van der Waals surface area contributed by atoms with Crippen molar-refractivity contribution in [3.05, 3.63) is 23.3 Å². The summed E-state index contributed by atoms with van der Waals surface area (Å²) in [6.45, 7) is 1.15. The molecule has 0 amide bonds. The van der Waals surface area contributed by atoms with Gasteiger partial charge in [0.1, 0.15) is 17.1 Å². The molecule has 1 aliphatic heterocycles. The van der Waals surface area contributed by atoms with Crippen LogP contribution in [0.1, 0.15) is 22.8 Å². The summed E-state index contributed by atoms with van der Waals surface area (Å²) in [4.78, 5) is 11.2. The molecular weight excluding hydrogens is 242 g/mol. The van der Waals surface area contributed by atoms with Gasteiger partial charge in [-0.2, -0.15) is 0 Å². The summed E-state index contributed by atoms with van der Waals surface area (Å²) in [5.41, 5.74) is 0.410. The zero-order valence-corrected chi connectivity index (χ0v) is 9.72. The second-order valence-electron chi connectivity index (χ2n) is 4.00. The standard InChI is InChI=1S/C11H12BFO5/c1-6(13)17-8-3-2-7-4-5-12(16)18-10(7)9(8)11(14)15/h2-3,6,16H,4-5H2,1H3,(H,14,15).